The smallest absolute Gasteiger partial charge is 0.445 e. The van der Waals surface area contributed by atoms with Crippen molar-refractivity contribution >= 4 is 34.6 Å². The van der Waals surface area contributed by atoms with Crippen LogP contribution in [0.4, 0.5) is 17.6 Å². The number of Topliss-reactive ketones (excluding diaryl/α,β-unsaturated/α-hetero) is 1. The van der Waals surface area contributed by atoms with Gasteiger partial charge in [0.25, 0.3) is 11.5 Å². The number of hydrogen-bond acceptors (Lipinski definition) is 7. The van der Waals surface area contributed by atoms with Crippen LogP contribution < -0.4 is 16.0 Å². The predicted molar refractivity (Wildman–Crippen MR) is 145 cm³/mol. The standard InChI is InChI=1S/C27H21ClF4N4O4S/c1-3-20(21(37)9-13-4-6-16(24(33)39)19(29)8-13)36-12-22(40-2)18(11-23(36)38)17-10-14(28)5-7-15(17)25-34-35-26(41-25)27(30,31)32/h4-8,10-12,20H,3,9H2,1-2H3,(H2,33,39). The number of ketones is 1. The molecule has 0 saturated carbocycles. The van der Waals surface area contributed by atoms with Gasteiger partial charge < -0.3 is 15.0 Å². The lowest BCUT2D eigenvalue weighted by Gasteiger charge is -2.20. The Bertz CT molecular complexity index is 1700. The van der Waals surface area contributed by atoms with Crippen molar-refractivity contribution in [2.75, 3.05) is 7.11 Å². The summed E-state index contributed by atoms with van der Waals surface area (Å²) >= 11 is 6.53. The first-order chi connectivity index (χ1) is 19.3. The molecule has 41 heavy (non-hydrogen) atoms. The number of pyridine rings is 1. The molecular weight excluding hydrogens is 588 g/mol. The molecule has 0 aliphatic carbocycles. The van der Waals surface area contributed by atoms with Crippen LogP contribution in [-0.2, 0) is 17.4 Å². The lowest BCUT2D eigenvalue weighted by molar-refractivity contribution is -0.138. The highest BCUT2D eigenvalue weighted by Crippen LogP contribution is 2.41. The Labute approximate surface area is 239 Å². The minimum absolute atomic E-state index is 0.0496. The van der Waals surface area contributed by atoms with Crippen LogP contribution in [0.15, 0.2) is 53.5 Å². The molecule has 1 amide bonds. The van der Waals surface area contributed by atoms with Crippen LogP contribution in [0, 0.1) is 5.82 Å². The number of alkyl halides is 3. The van der Waals surface area contributed by atoms with Crippen molar-refractivity contribution in [3.05, 3.63) is 86.0 Å². The van der Waals surface area contributed by atoms with Gasteiger partial charge >= 0.3 is 6.18 Å². The van der Waals surface area contributed by atoms with E-state index in [2.05, 4.69) is 10.2 Å². The Hall–Kier alpha value is -4.10. The summed E-state index contributed by atoms with van der Waals surface area (Å²) in [5.41, 5.74) is 5.21. The number of benzene rings is 2. The Morgan fingerprint density at radius 2 is 1.83 bits per heavy atom. The number of amides is 1. The van der Waals surface area contributed by atoms with E-state index in [0.29, 0.717) is 11.3 Å². The molecule has 2 aromatic carbocycles. The van der Waals surface area contributed by atoms with Crippen molar-refractivity contribution in [1.29, 1.82) is 0 Å². The maximum Gasteiger partial charge on any atom is 0.445 e. The Kier molecular flexibility index (Phi) is 8.59. The Morgan fingerprint density at radius 1 is 1.10 bits per heavy atom. The van der Waals surface area contributed by atoms with Crippen molar-refractivity contribution < 1.29 is 31.9 Å². The van der Waals surface area contributed by atoms with E-state index in [9.17, 15) is 31.9 Å². The van der Waals surface area contributed by atoms with Gasteiger partial charge in [0.2, 0.25) is 5.01 Å². The summed E-state index contributed by atoms with van der Waals surface area (Å²) in [6.07, 6.45) is -3.39. The maximum atomic E-state index is 14.2. The van der Waals surface area contributed by atoms with Crippen LogP contribution in [0.5, 0.6) is 5.75 Å². The normalized spacial score (nSPS) is 12.3. The third kappa shape index (κ3) is 6.30. The van der Waals surface area contributed by atoms with Crippen LogP contribution in [0.2, 0.25) is 5.02 Å². The van der Waals surface area contributed by atoms with E-state index in [-0.39, 0.29) is 56.4 Å². The summed E-state index contributed by atoms with van der Waals surface area (Å²) in [5, 5.41) is 5.96. The molecule has 1 atom stereocenters. The van der Waals surface area contributed by atoms with E-state index in [1.165, 1.54) is 54.3 Å². The molecule has 214 valence electrons. The quantitative estimate of drug-likeness (QED) is 0.243. The number of carbonyl (C=O) groups is 2. The molecule has 0 radical (unpaired) electrons. The van der Waals surface area contributed by atoms with E-state index in [0.717, 1.165) is 6.07 Å². The first-order valence-electron chi connectivity index (χ1n) is 12.0. The summed E-state index contributed by atoms with van der Waals surface area (Å²) in [4.78, 5) is 37.8. The molecule has 1 unspecified atom stereocenters. The second-order valence-electron chi connectivity index (χ2n) is 8.85. The topological polar surface area (TPSA) is 117 Å². The molecule has 4 rings (SSSR count). The zero-order valence-corrected chi connectivity index (χ0v) is 23.0. The number of halogens is 5. The zero-order chi connectivity index (χ0) is 30.1. The van der Waals surface area contributed by atoms with E-state index in [4.69, 9.17) is 22.1 Å². The molecule has 0 aliphatic rings. The first kappa shape index (κ1) is 29.9. The molecule has 8 nitrogen and oxygen atoms in total. The molecule has 4 aromatic rings. The number of rotatable bonds is 9. The third-order valence-corrected chi connectivity index (χ3v) is 7.44. The van der Waals surface area contributed by atoms with Crippen LogP contribution in [-0.4, -0.2) is 33.6 Å². The molecular formula is C27H21ClF4N4O4S. The highest BCUT2D eigenvalue weighted by molar-refractivity contribution is 7.14. The molecule has 0 spiro atoms. The number of nitrogens with two attached hydrogens (primary N) is 1. The highest BCUT2D eigenvalue weighted by Gasteiger charge is 2.36. The Balaban J connectivity index is 1.74. The van der Waals surface area contributed by atoms with E-state index < -0.39 is 40.3 Å². The molecule has 0 saturated heterocycles. The maximum absolute atomic E-state index is 14.2. The lowest BCUT2D eigenvalue weighted by Crippen LogP contribution is -2.30. The number of aromatic nitrogens is 3. The van der Waals surface area contributed by atoms with Gasteiger partial charge in [-0.25, -0.2) is 4.39 Å². The van der Waals surface area contributed by atoms with Gasteiger partial charge in [0.15, 0.2) is 5.78 Å². The number of primary amides is 1. The van der Waals surface area contributed by atoms with Crippen molar-refractivity contribution in [2.45, 2.75) is 32.0 Å². The molecule has 2 aromatic heterocycles. The monoisotopic (exact) mass is 608 g/mol. The second-order valence-corrected chi connectivity index (χ2v) is 10.3. The van der Waals surface area contributed by atoms with Gasteiger partial charge in [-0.1, -0.05) is 35.9 Å². The second kappa shape index (κ2) is 11.8. The molecule has 14 heteroatoms. The average Bonchev–Trinajstić information content (AvgIpc) is 3.40. The minimum atomic E-state index is -4.68. The van der Waals surface area contributed by atoms with E-state index >= 15 is 0 Å². The SMILES string of the molecule is CCC(C(=O)Cc1ccc(C(N)=O)c(F)c1)n1cc(OC)c(-c2cc(Cl)ccc2-c2nnc(C(F)(F)F)s2)cc1=O. The molecule has 2 heterocycles. The number of ether oxygens (including phenoxy) is 1. The van der Waals surface area contributed by atoms with E-state index in [1.54, 1.807) is 6.92 Å². The summed E-state index contributed by atoms with van der Waals surface area (Å²) in [7, 11) is 1.33. The largest absolute Gasteiger partial charge is 0.495 e. The zero-order valence-electron chi connectivity index (χ0n) is 21.5. The van der Waals surface area contributed by atoms with Crippen LogP contribution in [0.25, 0.3) is 21.7 Å². The van der Waals surface area contributed by atoms with Crippen LogP contribution >= 0.6 is 22.9 Å². The Morgan fingerprint density at radius 3 is 2.41 bits per heavy atom. The van der Waals surface area contributed by atoms with Crippen molar-refractivity contribution in [3.8, 4) is 27.4 Å². The number of carbonyl (C=O) groups excluding carboxylic acids is 2. The number of hydrogen-bond donors (Lipinski definition) is 1. The van der Waals surface area contributed by atoms with Crippen LogP contribution in [0.1, 0.15) is 40.3 Å². The van der Waals surface area contributed by atoms with Gasteiger partial charge in [-0.3, -0.25) is 14.4 Å². The lowest BCUT2D eigenvalue weighted by atomic mass is 9.98. The predicted octanol–water partition coefficient (Wildman–Crippen LogP) is 5.72. The molecule has 0 fully saturated rings. The van der Waals surface area contributed by atoms with E-state index in [1.807, 2.05) is 0 Å². The third-order valence-electron chi connectivity index (χ3n) is 6.21. The fourth-order valence-electron chi connectivity index (χ4n) is 4.28. The summed E-state index contributed by atoms with van der Waals surface area (Å²) in [6.45, 7) is 1.69. The number of methoxy groups -OCH3 is 1. The fourth-order valence-corrected chi connectivity index (χ4v) is 5.21. The summed E-state index contributed by atoms with van der Waals surface area (Å²) in [5.74, 6) is -2.08. The van der Waals surface area contributed by atoms with Crippen LogP contribution in [0.3, 0.4) is 0 Å². The van der Waals surface area contributed by atoms with Crippen molar-refractivity contribution in [2.24, 2.45) is 5.73 Å². The van der Waals surface area contributed by atoms with Gasteiger partial charge in [0.05, 0.1) is 24.9 Å². The van der Waals surface area contributed by atoms with Gasteiger partial charge in [-0.15, -0.1) is 10.2 Å². The average molecular weight is 609 g/mol. The first-order valence-corrected chi connectivity index (χ1v) is 13.2. The van der Waals surface area contributed by atoms with Gasteiger partial charge in [-0.2, -0.15) is 13.2 Å². The highest BCUT2D eigenvalue weighted by atomic mass is 35.5. The van der Waals surface area contributed by atoms with Gasteiger partial charge in [-0.05, 0) is 47.9 Å². The summed E-state index contributed by atoms with van der Waals surface area (Å²) < 4.78 is 60.4. The molecule has 0 aliphatic heterocycles. The van der Waals surface area contributed by atoms with Gasteiger partial charge in [0, 0.05) is 28.6 Å². The minimum Gasteiger partial charge on any atom is -0.495 e. The fraction of sp³-hybridized carbons (Fsp3) is 0.222. The van der Waals surface area contributed by atoms with Gasteiger partial charge in [0.1, 0.15) is 16.6 Å². The number of nitrogens with zero attached hydrogens (tertiary/aromatic N) is 3. The van der Waals surface area contributed by atoms with Crippen molar-refractivity contribution in [1.82, 2.24) is 14.8 Å². The molecule has 2 N–H and O–H groups in total. The molecule has 0 bridgehead atoms. The van der Waals surface area contributed by atoms with Crippen molar-refractivity contribution in [3.63, 3.8) is 0 Å². The summed E-state index contributed by atoms with van der Waals surface area (Å²) in [6, 6.07) is 8.24.